The summed E-state index contributed by atoms with van der Waals surface area (Å²) in [5.74, 6) is 0. The van der Waals surface area contributed by atoms with Gasteiger partial charge in [0.25, 0.3) is 0 Å². The number of nitrogens with zero attached hydrogens (tertiary/aromatic N) is 2. The summed E-state index contributed by atoms with van der Waals surface area (Å²) < 4.78 is 7.30. The Hall–Kier alpha value is -0.540. The Morgan fingerprint density at radius 1 is 1.57 bits per heavy atom. The summed E-state index contributed by atoms with van der Waals surface area (Å²) in [6.45, 7) is 7.50. The Balaban J connectivity index is 2.58. The van der Waals surface area contributed by atoms with Crippen LogP contribution in [-0.2, 0) is 17.9 Å². The van der Waals surface area contributed by atoms with E-state index in [1.807, 2.05) is 24.7 Å². The quantitative estimate of drug-likeness (QED) is 0.757. The molecular formula is C10H17ClN2O. The third kappa shape index (κ3) is 3.31. The van der Waals surface area contributed by atoms with Gasteiger partial charge in [-0.2, -0.15) is 5.10 Å². The van der Waals surface area contributed by atoms with E-state index in [4.69, 9.17) is 16.3 Å². The molecule has 0 aliphatic heterocycles. The van der Waals surface area contributed by atoms with E-state index in [2.05, 4.69) is 12.0 Å². The average molecular weight is 217 g/mol. The molecule has 0 N–H and O–H groups in total. The zero-order chi connectivity index (χ0) is 10.6. The second-order valence-corrected chi connectivity index (χ2v) is 3.95. The lowest BCUT2D eigenvalue weighted by molar-refractivity contribution is 0.0633. The summed E-state index contributed by atoms with van der Waals surface area (Å²) in [6, 6.07) is 0. The summed E-state index contributed by atoms with van der Waals surface area (Å²) in [7, 11) is 0. The molecule has 1 aromatic rings. The Morgan fingerprint density at radius 3 is 2.86 bits per heavy atom. The summed E-state index contributed by atoms with van der Waals surface area (Å²) in [6.07, 6.45) is 3.12. The highest BCUT2D eigenvalue weighted by molar-refractivity contribution is 6.31. The molecule has 0 aliphatic rings. The minimum absolute atomic E-state index is 0.211. The van der Waals surface area contributed by atoms with Crippen molar-refractivity contribution in [2.75, 3.05) is 0 Å². The number of aryl methyl sites for hydroxylation is 1. The summed E-state index contributed by atoms with van der Waals surface area (Å²) >= 11 is 6.00. The predicted molar refractivity (Wildman–Crippen MR) is 57.5 cm³/mol. The monoisotopic (exact) mass is 216 g/mol. The molecule has 0 unspecified atom stereocenters. The van der Waals surface area contributed by atoms with Gasteiger partial charge in [-0.1, -0.05) is 18.5 Å². The molecule has 0 aliphatic carbocycles. The van der Waals surface area contributed by atoms with E-state index in [1.54, 1.807) is 0 Å². The van der Waals surface area contributed by atoms with Crippen LogP contribution in [0.25, 0.3) is 0 Å². The maximum atomic E-state index is 6.00. The standard InChI is InChI=1S/C10H17ClN2O/c1-4-5-13-6-9(11)10(12-13)7-14-8(2)3/h6,8H,4-5,7H2,1-3H3. The second-order valence-electron chi connectivity index (χ2n) is 3.55. The SMILES string of the molecule is CCCn1cc(Cl)c(COC(C)C)n1. The van der Waals surface area contributed by atoms with Gasteiger partial charge in [-0.05, 0) is 20.3 Å². The number of aromatic nitrogens is 2. The Labute approximate surface area is 90.0 Å². The highest BCUT2D eigenvalue weighted by Gasteiger charge is 2.07. The minimum Gasteiger partial charge on any atom is -0.372 e. The molecule has 80 valence electrons. The van der Waals surface area contributed by atoms with Crippen LogP contribution in [0.3, 0.4) is 0 Å². The fraction of sp³-hybridized carbons (Fsp3) is 0.700. The molecule has 0 atom stereocenters. The van der Waals surface area contributed by atoms with E-state index >= 15 is 0 Å². The smallest absolute Gasteiger partial charge is 0.107 e. The van der Waals surface area contributed by atoms with Crippen LogP contribution in [0.1, 0.15) is 32.9 Å². The van der Waals surface area contributed by atoms with Gasteiger partial charge in [0.1, 0.15) is 5.69 Å². The van der Waals surface area contributed by atoms with Crippen LogP contribution >= 0.6 is 11.6 Å². The van der Waals surface area contributed by atoms with Crippen molar-refractivity contribution < 1.29 is 4.74 Å². The van der Waals surface area contributed by atoms with Crippen LogP contribution in [0.2, 0.25) is 5.02 Å². The lowest BCUT2D eigenvalue weighted by Gasteiger charge is -2.04. The normalized spacial score (nSPS) is 11.2. The van der Waals surface area contributed by atoms with Crippen LogP contribution in [0.5, 0.6) is 0 Å². The Bertz CT molecular complexity index is 284. The third-order valence-corrected chi connectivity index (χ3v) is 2.11. The van der Waals surface area contributed by atoms with Gasteiger partial charge >= 0.3 is 0 Å². The fourth-order valence-corrected chi connectivity index (χ4v) is 1.33. The molecule has 0 amide bonds. The first-order valence-corrected chi connectivity index (χ1v) is 5.34. The van der Waals surface area contributed by atoms with Crippen molar-refractivity contribution in [3.63, 3.8) is 0 Å². The van der Waals surface area contributed by atoms with E-state index in [0.717, 1.165) is 18.7 Å². The largest absolute Gasteiger partial charge is 0.372 e. The first kappa shape index (κ1) is 11.5. The molecule has 0 saturated carbocycles. The number of ether oxygens (including phenoxy) is 1. The molecule has 0 fully saturated rings. The van der Waals surface area contributed by atoms with E-state index < -0.39 is 0 Å². The van der Waals surface area contributed by atoms with Gasteiger partial charge in [0.2, 0.25) is 0 Å². The number of hydrogen-bond donors (Lipinski definition) is 0. The molecule has 1 aromatic heterocycles. The highest BCUT2D eigenvalue weighted by Crippen LogP contribution is 2.15. The zero-order valence-corrected chi connectivity index (χ0v) is 9.71. The number of hydrogen-bond acceptors (Lipinski definition) is 2. The van der Waals surface area contributed by atoms with Crippen molar-refractivity contribution in [2.24, 2.45) is 0 Å². The first-order valence-electron chi connectivity index (χ1n) is 4.97. The molecule has 3 nitrogen and oxygen atoms in total. The second kappa shape index (κ2) is 5.37. The van der Waals surface area contributed by atoms with Crippen LogP contribution in [0.4, 0.5) is 0 Å². The first-order chi connectivity index (χ1) is 6.63. The van der Waals surface area contributed by atoms with Crippen molar-refractivity contribution in [1.29, 1.82) is 0 Å². The van der Waals surface area contributed by atoms with Gasteiger partial charge < -0.3 is 4.74 Å². The van der Waals surface area contributed by atoms with E-state index in [1.165, 1.54) is 0 Å². The highest BCUT2D eigenvalue weighted by atomic mass is 35.5. The number of halogens is 1. The van der Waals surface area contributed by atoms with Crippen molar-refractivity contribution in [1.82, 2.24) is 9.78 Å². The predicted octanol–water partition coefficient (Wildman–Crippen LogP) is 2.87. The van der Waals surface area contributed by atoms with Crippen LogP contribution in [0.15, 0.2) is 6.20 Å². The van der Waals surface area contributed by atoms with Crippen LogP contribution in [-0.4, -0.2) is 15.9 Å². The molecular weight excluding hydrogens is 200 g/mol. The zero-order valence-electron chi connectivity index (χ0n) is 8.96. The topological polar surface area (TPSA) is 27.1 Å². The summed E-state index contributed by atoms with van der Waals surface area (Å²) in [5.41, 5.74) is 0.828. The molecule has 4 heteroatoms. The Kier molecular flexibility index (Phi) is 4.42. The summed E-state index contributed by atoms with van der Waals surface area (Å²) in [4.78, 5) is 0. The molecule has 1 heterocycles. The maximum absolute atomic E-state index is 6.00. The van der Waals surface area contributed by atoms with E-state index in [0.29, 0.717) is 11.6 Å². The van der Waals surface area contributed by atoms with Gasteiger partial charge in [0, 0.05) is 12.7 Å². The van der Waals surface area contributed by atoms with Gasteiger partial charge in [-0.25, -0.2) is 0 Å². The van der Waals surface area contributed by atoms with Crippen LogP contribution < -0.4 is 0 Å². The van der Waals surface area contributed by atoms with Crippen LogP contribution in [0, 0.1) is 0 Å². The van der Waals surface area contributed by atoms with E-state index in [-0.39, 0.29) is 6.10 Å². The van der Waals surface area contributed by atoms with Gasteiger partial charge in [-0.15, -0.1) is 0 Å². The van der Waals surface area contributed by atoms with Gasteiger partial charge in [0.15, 0.2) is 0 Å². The lowest BCUT2D eigenvalue weighted by Crippen LogP contribution is -2.04. The molecule has 0 saturated heterocycles. The molecule has 14 heavy (non-hydrogen) atoms. The lowest BCUT2D eigenvalue weighted by atomic mass is 10.4. The van der Waals surface area contributed by atoms with E-state index in [9.17, 15) is 0 Å². The number of rotatable bonds is 5. The molecule has 1 rings (SSSR count). The average Bonchev–Trinajstić information content (AvgIpc) is 2.44. The van der Waals surface area contributed by atoms with Crippen molar-refractivity contribution >= 4 is 11.6 Å². The Morgan fingerprint density at radius 2 is 2.29 bits per heavy atom. The minimum atomic E-state index is 0.211. The summed E-state index contributed by atoms with van der Waals surface area (Å²) in [5, 5.41) is 5.02. The fourth-order valence-electron chi connectivity index (χ4n) is 1.12. The molecule has 0 radical (unpaired) electrons. The maximum Gasteiger partial charge on any atom is 0.107 e. The molecule has 0 spiro atoms. The van der Waals surface area contributed by atoms with Crippen molar-refractivity contribution in [2.45, 2.75) is 46.4 Å². The molecule has 0 bridgehead atoms. The van der Waals surface area contributed by atoms with Crippen molar-refractivity contribution in [3.05, 3.63) is 16.9 Å². The van der Waals surface area contributed by atoms with Gasteiger partial charge in [0.05, 0.1) is 17.7 Å². The van der Waals surface area contributed by atoms with Crippen molar-refractivity contribution in [3.8, 4) is 0 Å². The van der Waals surface area contributed by atoms with Gasteiger partial charge in [-0.3, -0.25) is 4.68 Å². The molecule has 0 aromatic carbocycles. The third-order valence-electron chi connectivity index (χ3n) is 1.79.